The van der Waals surface area contributed by atoms with Crippen molar-refractivity contribution in [1.29, 1.82) is 0 Å². The van der Waals surface area contributed by atoms with Gasteiger partial charge in [-0.25, -0.2) is 9.98 Å². The van der Waals surface area contributed by atoms with Crippen LogP contribution in [0.1, 0.15) is 28.4 Å². The van der Waals surface area contributed by atoms with Crippen molar-refractivity contribution in [2.75, 3.05) is 44.7 Å². The SMILES string of the molecule is CC1=CN=C(N)/C(=C(/N)c2ccc(C(=O)Nc3cc(C(F)(F)F)ccn3)cc2)N1C[C@H]1CN(CCO)CCO1. The summed E-state index contributed by atoms with van der Waals surface area (Å²) in [5, 5.41) is 11.7. The first-order chi connectivity index (χ1) is 18.6. The number of nitrogens with one attached hydrogen (secondary N) is 1. The van der Waals surface area contributed by atoms with Crippen molar-refractivity contribution in [2.45, 2.75) is 19.2 Å². The molecule has 10 nitrogen and oxygen atoms in total. The molecule has 0 bridgehead atoms. The van der Waals surface area contributed by atoms with Crippen LogP contribution in [0, 0.1) is 0 Å². The summed E-state index contributed by atoms with van der Waals surface area (Å²) in [6.45, 7) is 4.89. The quantitative estimate of drug-likeness (QED) is 0.415. The first-order valence-electron chi connectivity index (χ1n) is 12.2. The number of nitrogens with two attached hydrogens (primary N) is 2. The highest BCUT2D eigenvalue weighted by atomic mass is 19.4. The lowest BCUT2D eigenvalue weighted by molar-refractivity contribution is -0.137. The maximum absolute atomic E-state index is 13.0. The number of benzene rings is 1. The van der Waals surface area contributed by atoms with Crippen LogP contribution in [0.2, 0.25) is 0 Å². The first kappa shape index (κ1) is 28.1. The number of hydrogen-bond donors (Lipinski definition) is 4. The van der Waals surface area contributed by atoms with E-state index in [9.17, 15) is 23.1 Å². The van der Waals surface area contributed by atoms with Crippen LogP contribution in [0.4, 0.5) is 19.0 Å². The van der Waals surface area contributed by atoms with E-state index in [1.54, 1.807) is 18.3 Å². The van der Waals surface area contributed by atoms with E-state index in [2.05, 4.69) is 20.2 Å². The number of carbonyl (C=O) groups is 1. The molecule has 1 saturated heterocycles. The van der Waals surface area contributed by atoms with Gasteiger partial charge in [0.25, 0.3) is 5.91 Å². The van der Waals surface area contributed by atoms with Crippen LogP contribution in [0.25, 0.3) is 5.70 Å². The molecule has 39 heavy (non-hydrogen) atoms. The number of aromatic nitrogens is 1. The van der Waals surface area contributed by atoms with Crippen molar-refractivity contribution in [3.63, 3.8) is 0 Å². The smallest absolute Gasteiger partial charge is 0.396 e. The number of aliphatic imine (C=N–C) groups is 1. The first-order valence-corrected chi connectivity index (χ1v) is 12.2. The van der Waals surface area contributed by atoms with Gasteiger partial charge in [0, 0.05) is 43.3 Å². The summed E-state index contributed by atoms with van der Waals surface area (Å²) in [5.41, 5.74) is 14.3. The second-order valence-electron chi connectivity index (χ2n) is 9.13. The van der Waals surface area contributed by atoms with Crippen molar-refractivity contribution < 1.29 is 27.8 Å². The molecule has 1 aromatic carbocycles. The molecule has 1 atom stereocenters. The average Bonchev–Trinajstić information content (AvgIpc) is 2.91. The van der Waals surface area contributed by atoms with E-state index in [1.807, 2.05) is 11.8 Å². The van der Waals surface area contributed by atoms with Gasteiger partial charge in [-0.2, -0.15) is 13.2 Å². The Balaban J connectivity index is 1.52. The number of anilines is 1. The molecule has 4 rings (SSSR count). The van der Waals surface area contributed by atoms with Gasteiger partial charge in [-0.3, -0.25) is 9.69 Å². The van der Waals surface area contributed by atoms with Crippen molar-refractivity contribution >= 4 is 23.3 Å². The van der Waals surface area contributed by atoms with Crippen LogP contribution < -0.4 is 16.8 Å². The molecule has 13 heteroatoms. The van der Waals surface area contributed by atoms with Gasteiger partial charge in [0.15, 0.2) is 0 Å². The molecular formula is C26H30F3N7O3. The lowest BCUT2D eigenvalue weighted by Crippen LogP contribution is -2.49. The number of ether oxygens (including phenoxy) is 1. The minimum Gasteiger partial charge on any atom is -0.396 e. The third kappa shape index (κ3) is 6.74. The Bertz CT molecular complexity index is 1290. The lowest BCUT2D eigenvalue weighted by Gasteiger charge is -2.38. The van der Waals surface area contributed by atoms with Crippen molar-refractivity contribution in [3.8, 4) is 0 Å². The number of β-amino-alcohol motifs (C(OH)–C–C–N with tert-alkyl or cyclic N) is 1. The minimum absolute atomic E-state index is 0.0670. The number of alkyl halides is 3. The maximum Gasteiger partial charge on any atom is 0.416 e. The molecular weight excluding hydrogens is 515 g/mol. The average molecular weight is 546 g/mol. The van der Waals surface area contributed by atoms with E-state index >= 15 is 0 Å². The molecule has 208 valence electrons. The molecule has 3 heterocycles. The molecule has 1 fully saturated rings. The molecule has 2 aliphatic rings. The third-order valence-corrected chi connectivity index (χ3v) is 6.40. The summed E-state index contributed by atoms with van der Waals surface area (Å²) in [4.78, 5) is 24.7. The third-order valence-electron chi connectivity index (χ3n) is 6.40. The number of nitrogens with zero attached hydrogens (tertiary/aromatic N) is 4. The van der Waals surface area contributed by atoms with E-state index in [0.29, 0.717) is 43.2 Å². The molecule has 0 spiro atoms. The van der Waals surface area contributed by atoms with Gasteiger partial charge >= 0.3 is 6.18 Å². The molecule has 1 amide bonds. The van der Waals surface area contributed by atoms with Crippen LogP contribution in [-0.4, -0.2) is 77.1 Å². The number of amides is 1. The van der Waals surface area contributed by atoms with Crippen LogP contribution in [0.15, 0.2) is 65.2 Å². The van der Waals surface area contributed by atoms with E-state index < -0.39 is 17.6 Å². The van der Waals surface area contributed by atoms with E-state index in [0.717, 1.165) is 30.6 Å². The van der Waals surface area contributed by atoms with Crippen molar-refractivity contribution in [1.82, 2.24) is 14.8 Å². The highest BCUT2D eigenvalue weighted by Gasteiger charge is 2.31. The van der Waals surface area contributed by atoms with Crippen LogP contribution in [0.5, 0.6) is 0 Å². The molecule has 2 aliphatic heterocycles. The number of amidine groups is 1. The van der Waals surface area contributed by atoms with E-state index in [4.69, 9.17) is 16.2 Å². The Morgan fingerprint density at radius 3 is 2.64 bits per heavy atom. The van der Waals surface area contributed by atoms with Gasteiger partial charge in [-0.1, -0.05) is 12.1 Å². The largest absolute Gasteiger partial charge is 0.416 e. The number of halogens is 3. The van der Waals surface area contributed by atoms with Crippen LogP contribution >= 0.6 is 0 Å². The number of allylic oxidation sites excluding steroid dienone is 1. The zero-order valence-electron chi connectivity index (χ0n) is 21.3. The molecule has 1 aromatic heterocycles. The van der Waals surface area contributed by atoms with Gasteiger partial charge in [0.2, 0.25) is 0 Å². The number of hydrogen-bond acceptors (Lipinski definition) is 9. The van der Waals surface area contributed by atoms with E-state index in [1.165, 1.54) is 12.1 Å². The topological polar surface area (TPSA) is 142 Å². The van der Waals surface area contributed by atoms with Crippen molar-refractivity contribution in [2.24, 2.45) is 16.5 Å². The normalized spacial score (nSPS) is 19.8. The Labute approximate surface area is 223 Å². The van der Waals surface area contributed by atoms with Gasteiger partial charge in [0.05, 0.1) is 37.1 Å². The lowest BCUT2D eigenvalue weighted by atomic mass is 10.0. The Morgan fingerprint density at radius 2 is 1.95 bits per heavy atom. The van der Waals surface area contributed by atoms with Crippen LogP contribution in [0.3, 0.4) is 0 Å². The fraction of sp³-hybridized carbons (Fsp3) is 0.346. The summed E-state index contributed by atoms with van der Waals surface area (Å²) in [6, 6.07) is 7.85. The molecule has 0 unspecified atom stereocenters. The monoisotopic (exact) mass is 545 g/mol. The zero-order valence-corrected chi connectivity index (χ0v) is 21.3. The highest BCUT2D eigenvalue weighted by Crippen LogP contribution is 2.30. The summed E-state index contributed by atoms with van der Waals surface area (Å²) in [6.07, 6.45) is -2.08. The number of aliphatic hydroxyl groups is 1. The summed E-state index contributed by atoms with van der Waals surface area (Å²) >= 11 is 0. The molecule has 0 aliphatic carbocycles. The van der Waals surface area contributed by atoms with Crippen LogP contribution in [-0.2, 0) is 10.9 Å². The summed E-state index contributed by atoms with van der Waals surface area (Å²) in [5.74, 6) is -0.619. The molecule has 2 aromatic rings. The molecule has 6 N–H and O–H groups in total. The number of aliphatic hydroxyl groups excluding tert-OH is 1. The molecule has 0 radical (unpaired) electrons. The number of carbonyl (C=O) groups excluding carboxylic acids is 1. The number of morpholine rings is 1. The summed E-state index contributed by atoms with van der Waals surface area (Å²) in [7, 11) is 0. The second kappa shape index (κ2) is 11.8. The Hall–Kier alpha value is -3.94. The predicted octanol–water partition coefficient (Wildman–Crippen LogP) is 2.21. The maximum atomic E-state index is 13.0. The molecule has 0 saturated carbocycles. The number of pyridine rings is 1. The van der Waals surface area contributed by atoms with Gasteiger partial charge < -0.3 is 31.5 Å². The van der Waals surface area contributed by atoms with Gasteiger partial charge in [-0.15, -0.1) is 0 Å². The minimum atomic E-state index is -4.55. The van der Waals surface area contributed by atoms with Gasteiger partial charge in [-0.05, 0) is 36.8 Å². The zero-order chi connectivity index (χ0) is 28.2. The fourth-order valence-electron chi connectivity index (χ4n) is 4.37. The standard InChI is InChI=1S/C26H30F3N7O3/c1-16-13-33-24(31)23(36(16)15-20-14-35(8-10-37)9-11-39-20)22(30)17-2-4-18(5-3-17)25(38)34-21-12-19(6-7-32-21)26(27,28)29/h2-7,12-13,20,37H,8-11,14-15,30H2,1H3,(H2,31,33)(H,32,34,38)/b23-22-/t20-/m1/s1. The van der Waals surface area contributed by atoms with E-state index in [-0.39, 0.29) is 29.9 Å². The highest BCUT2D eigenvalue weighted by molar-refractivity contribution is 6.05. The summed E-state index contributed by atoms with van der Waals surface area (Å²) < 4.78 is 44.8. The number of rotatable bonds is 7. The predicted molar refractivity (Wildman–Crippen MR) is 140 cm³/mol. The van der Waals surface area contributed by atoms with Gasteiger partial charge in [0.1, 0.15) is 17.4 Å². The fourth-order valence-corrected chi connectivity index (χ4v) is 4.37. The van der Waals surface area contributed by atoms with Crippen molar-refractivity contribution in [3.05, 3.63) is 76.9 Å². The Morgan fingerprint density at radius 1 is 1.23 bits per heavy atom. The Kier molecular flexibility index (Phi) is 8.53. The second-order valence-corrected chi connectivity index (χ2v) is 9.13.